The summed E-state index contributed by atoms with van der Waals surface area (Å²) in [6, 6.07) is 0. The van der Waals surface area contributed by atoms with Crippen molar-refractivity contribution in [2.45, 2.75) is 32.5 Å². The van der Waals surface area contributed by atoms with Crippen molar-refractivity contribution in [2.75, 3.05) is 0 Å². The minimum Gasteiger partial charge on any atom is -0.0771 e. The van der Waals surface area contributed by atoms with Crippen molar-refractivity contribution in [1.29, 1.82) is 0 Å². The molecule has 0 spiro atoms. The summed E-state index contributed by atoms with van der Waals surface area (Å²) in [4.78, 5) is 0. The maximum absolute atomic E-state index is 2.58. The first-order valence-electron chi connectivity index (χ1n) is 3.66. The van der Waals surface area contributed by atoms with Crippen LogP contribution in [0.5, 0.6) is 0 Å². The van der Waals surface area contributed by atoms with Crippen molar-refractivity contribution in [2.24, 2.45) is 0 Å². The maximum Gasteiger partial charge on any atom is 0.0115 e. The molecule has 0 amide bonds. The topological polar surface area (TPSA) is 0 Å². The van der Waals surface area contributed by atoms with Gasteiger partial charge in [0.1, 0.15) is 0 Å². The maximum atomic E-state index is 2.58. The Hall–Kier alpha value is 0.651. The lowest BCUT2D eigenvalue weighted by molar-refractivity contribution is 1.07. The van der Waals surface area contributed by atoms with Gasteiger partial charge in [0, 0.05) is 25.9 Å². The van der Waals surface area contributed by atoms with Gasteiger partial charge in [0.15, 0.2) is 0 Å². The first kappa shape index (κ1) is 8.65. The number of hydrogen-bond acceptors (Lipinski definition) is 0. The molecule has 1 unspecified atom stereocenters. The van der Waals surface area contributed by atoms with Crippen molar-refractivity contribution in [1.82, 2.24) is 0 Å². The highest BCUT2D eigenvalue weighted by Crippen LogP contribution is 1.97. The molecule has 0 radical (unpaired) electrons. The zero-order valence-corrected chi connectivity index (χ0v) is 10.6. The summed E-state index contributed by atoms with van der Waals surface area (Å²) in [5.74, 6) is 0. The SMILES string of the molecule is C[SiH2][SiH](C)[SiH2]C(C)C. The van der Waals surface area contributed by atoms with Gasteiger partial charge in [-0.15, -0.1) is 0 Å². The van der Waals surface area contributed by atoms with Crippen molar-refractivity contribution in [3.63, 3.8) is 0 Å². The summed E-state index contributed by atoms with van der Waals surface area (Å²) in [6.45, 7) is 9.88. The highest BCUT2D eigenvalue weighted by atomic mass is 29.6. The molecule has 0 aromatic carbocycles. The zero-order valence-electron chi connectivity index (χ0n) is 6.57. The van der Waals surface area contributed by atoms with Crippen molar-refractivity contribution < 1.29 is 0 Å². The van der Waals surface area contributed by atoms with Crippen LogP contribution in [0.1, 0.15) is 13.8 Å². The first-order valence-corrected chi connectivity index (χ1v) is 13.6. The molecule has 1 atom stereocenters. The van der Waals surface area contributed by atoms with Crippen LogP contribution in [0.3, 0.4) is 0 Å². The van der Waals surface area contributed by atoms with Crippen molar-refractivity contribution in [3.05, 3.63) is 0 Å². The van der Waals surface area contributed by atoms with E-state index >= 15 is 0 Å². The van der Waals surface area contributed by atoms with Crippen LogP contribution >= 0.6 is 0 Å². The van der Waals surface area contributed by atoms with E-state index in [9.17, 15) is 0 Å². The summed E-state index contributed by atoms with van der Waals surface area (Å²) in [5.41, 5.74) is 1.11. The van der Waals surface area contributed by atoms with E-state index in [0.717, 1.165) is 5.54 Å². The lowest BCUT2D eigenvalue weighted by Gasteiger charge is -2.06. The zero-order chi connectivity index (χ0) is 6.57. The van der Waals surface area contributed by atoms with Gasteiger partial charge in [-0.05, 0) is 0 Å². The fourth-order valence-electron chi connectivity index (χ4n) is 0.971. The van der Waals surface area contributed by atoms with Gasteiger partial charge >= 0.3 is 0 Å². The second-order valence-corrected chi connectivity index (χ2v) is 24.0. The van der Waals surface area contributed by atoms with E-state index in [1.165, 1.54) is 0 Å². The molecule has 3 heteroatoms. The van der Waals surface area contributed by atoms with Gasteiger partial charge < -0.3 is 0 Å². The average molecular weight is 162 g/mol. The molecule has 8 heavy (non-hydrogen) atoms. The van der Waals surface area contributed by atoms with E-state index in [-0.39, 0.29) is 7.83 Å². The molecule has 0 saturated carbocycles. The predicted molar refractivity (Wildman–Crippen MR) is 51.1 cm³/mol. The van der Waals surface area contributed by atoms with Crippen LogP contribution in [0.15, 0.2) is 0 Å². The van der Waals surface area contributed by atoms with Crippen LogP contribution in [-0.2, 0) is 0 Å². The third-order valence-electron chi connectivity index (χ3n) is 1.57. The molecule has 0 saturated heterocycles. The molecule has 0 rings (SSSR count). The van der Waals surface area contributed by atoms with Crippen LogP contribution in [0.4, 0.5) is 0 Å². The van der Waals surface area contributed by atoms with Gasteiger partial charge in [-0.3, -0.25) is 0 Å². The summed E-state index contributed by atoms with van der Waals surface area (Å²) in [5, 5.41) is 0. The first-order chi connectivity index (χ1) is 3.66. The summed E-state index contributed by atoms with van der Waals surface area (Å²) >= 11 is 0. The molecule has 0 aliphatic heterocycles. The van der Waals surface area contributed by atoms with Crippen LogP contribution in [0, 0.1) is 0 Å². The second-order valence-electron chi connectivity index (χ2n) is 3.14. The Kier molecular flexibility index (Phi) is 4.89. The molecule has 0 aromatic heterocycles. The molecule has 0 aliphatic rings. The third kappa shape index (κ3) is 4.80. The summed E-state index contributed by atoms with van der Waals surface area (Å²) in [6.07, 6.45) is 0. The van der Waals surface area contributed by atoms with Gasteiger partial charge in [0.25, 0.3) is 0 Å². The van der Waals surface area contributed by atoms with E-state index in [1.54, 1.807) is 0 Å². The Morgan fingerprint density at radius 1 is 1.38 bits per heavy atom. The predicted octanol–water partition coefficient (Wildman–Crippen LogP) is 0.0507. The largest absolute Gasteiger partial charge is 0.0771 e. The number of hydrogen-bond donors (Lipinski definition) is 0. The van der Waals surface area contributed by atoms with E-state index < -0.39 is 0 Å². The minimum atomic E-state index is 0.0386. The Morgan fingerprint density at radius 2 is 1.88 bits per heavy atom. The molecule has 0 nitrogen and oxygen atoms in total. The van der Waals surface area contributed by atoms with E-state index in [1.807, 2.05) is 0 Å². The van der Waals surface area contributed by atoms with Crippen molar-refractivity contribution in [3.8, 4) is 0 Å². The van der Waals surface area contributed by atoms with Crippen LogP contribution in [-0.4, -0.2) is 25.9 Å². The third-order valence-corrected chi connectivity index (χ3v) is 22.3. The Bertz CT molecular complexity index is 53.6. The standard InChI is InChI=1S/C5H18Si3/c1-5(2)7-8(4)6-3/h5,8H,6-7H2,1-4H3. The quantitative estimate of drug-likeness (QED) is 0.515. The lowest BCUT2D eigenvalue weighted by atomic mass is 10.6. The average Bonchev–Trinajstić information content (AvgIpc) is 1.65. The molecule has 50 valence electrons. The Balaban J connectivity index is 3.10. The van der Waals surface area contributed by atoms with Crippen LogP contribution in [0.2, 0.25) is 18.6 Å². The highest BCUT2D eigenvalue weighted by Gasteiger charge is 2.03. The van der Waals surface area contributed by atoms with E-state index in [4.69, 9.17) is 0 Å². The van der Waals surface area contributed by atoms with E-state index in [2.05, 4.69) is 26.9 Å². The van der Waals surface area contributed by atoms with Gasteiger partial charge in [-0.25, -0.2) is 0 Å². The van der Waals surface area contributed by atoms with Crippen LogP contribution < -0.4 is 0 Å². The number of rotatable bonds is 3. The fourth-order valence-corrected chi connectivity index (χ4v) is 17.7. The van der Waals surface area contributed by atoms with Crippen molar-refractivity contribution >= 4 is 25.9 Å². The van der Waals surface area contributed by atoms with Crippen LogP contribution in [0.25, 0.3) is 0 Å². The molecule has 0 aromatic rings. The lowest BCUT2D eigenvalue weighted by Crippen LogP contribution is -2.26. The normalized spacial score (nSPS) is 17.6. The molecular weight excluding hydrogens is 144 g/mol. The van der Waals surface area contributed by atoms with E-state index in [0.29, 0.717) is 18.1 Å². The van der Waals surface area contributed by atoms with Gasteiger partial charge in [0.2, 0.25) is 0 Å². The minimum absolute atomic E-state index is 0.0386. The van der Waals surface area contributed by atoms with Gasteiger partial charge in [-0.1, -0.05) is 32.5 Å². The van der Waals surface area contributed by atoms with Gasteiger partial charge in [-0.2, -0.15) is 0 Å². The molecule has 0 aliphatic carbocycles. The monoisotopic (exact) mass is 162 g/mol. The fraction of sp³-hybridized carbons (Fsp3) is 1.00. The smallest absolute Gasteiger partial charge is 0.0115 e. The molecule has 0 heterocycles. The molecule has 0 bridgehead atoms. The molecular formula is C5H18Si3. The second kappa shape index (κ2) is 4.52. The highest BCUT2D eigenvalue weighted by molar-refractivity contribution is 7.39. The molecule has 0 N–H and O–H groups in total. The molecule has 0 fully saturated rings. The summed E-state index contributed by atoms with van der Waals surface area (Å²) in [7, 11) is 1.01. The Morgan fingerprint density at radius 3 is 2.00 bits per heavy atom. The van der Waals surface area contributed by atoms with Gasteiger partial charge in [0.05, 0.1) is 0 Å². The summed E-state index contributed by atoms with van der Waals surface area (Å²) < 4.78 is 0. The Labute approximate surface area is 58.9 Å².